The second-order valence-corrected chi connectivity index (χ2v) is 8.99. The minimum atomic E-state index is -0.291. The highest BCUT2D eigenvalue weighted by Crippen LogP contribution is 2.35. The van der Waals surface area contributed by atoms with Crippen LogP contribution in [0.3, 0.4) is 0 Å². The lowest BCUT2D eigenvalue weighted by Crippen LogP contribution is -2.34. The molecule has 1 aromatic heterocycles. The van der Waals surface area contributed by atoms with Gasteiger partial charge in [-0.2, -0.15) is 5.10 Å². The second kappa shape index (κ2) is 10.3. The van der Waals surface area contributed by atoms with Crippen LogP contribution in [0, 0.1) is 13.8 Å². The Kier molecular flexibility index (Phi) is 7.28. The Morgan fingerprint density at radius 1 is 1.12 bits per heavy atom. The fourth-order valence-electron chi connectivity index (χ4n) is 4.15. The number of aromatic nitrogens is 2. The molecule has 1 N–H and O–H groups in total. The van der Waals surface area contributed by atoms with E-state index in [4.69, 9.17) is 9.84 Å². The summed E-state index contributed by atoms with van der Waals surface area (Å²) in [5.41, 5.74) is 4.19. The highest BCUT2D eigenvalue weighted by Gasteiger charge is 2.32. The third-order valence-electron chi connectivity index (χ3n) is 6.10. The Hall–Kier alpha value is -2.63. The number of hydrogen-bond acceptors (Lipinski definition) is 4. The van der Waals surface area contributed by atoms with E-state index < -0.39 is 0 Å². The number of benzene rings is 2. The fourth-order valence-corrected chi connectivity index (χ4v) is 4.15. The average Bonchev–Trinajstić information content (AvgIpc) is 3.59. The normalized spacial score (nSPS) is 14.7. The molecule has 0 spiro atoms. The molecule has 0 amide bonds. The molecule has 0 saturated heterocycles. The van der Waals surface area contributed by atoms with Crippen molar-refractivity contribution in [3.8, 4) is 17.3 Å². The molecule has 1 heterocycles. The minimum absolute atomic E-state index is 0.291. The smallest absolute Gasteiger partial charge is 0.227 e. The van der Waals surface area contributed by atoms with E-state index in [0.717, 1.165) is 59.9 Å². The van der Waals surface area contributed by atoms with Crippen molar-refractivity contribution in [2.75, 3.05) is 6.54 Å². The van der Waals surface area contributed by atoms with Gasteiger partial charge in [-0.25, -0.2) is 4.68 Å². The number of para-hydroxylation sites is 1. The zero-order chi connectivity index (χ0) is 22.5. The summed E-state index contributed by atoms with van der Waals surface area (Å²) in [6, 6.07) is 18.8. The predicted octanol–water partition coefficient (Wildman–Crippen LogP) is 5.80. The zero-order valence-corrected chi connectivity index (χ0v) is 19.5. The van der Waals surface area contributed by atoms with Crippen LogP contribution in [0.1, 0.15) is 55.8 Å². The lowest BCUT2D eigenvalue weighted by atomic mass is 10.1. The summed E-state index contributed by atoms with van der Waals surface area (Å²) in [7, 11) is 0. The van der Waals surface area contributed by atoms with E-state index in [1.807, 2.05) is 47.1 Å². The Labute approximate surface area is 191 Å². The lowest BCUT2D eigenvalue weighted by Gasteiger charge is -2.25. The molecule has 1 atom stereocenters. The van der Waals surface area contributed by atoms with Crippen LogP contribution in [0.25, 0.3) is 5.69 Å². The second-order valence-electron chi connectivity index (χ2n) is 8.99. The maximum atomic E-state index is 10.6. The van der Waals surface area contributed by atoms with Gasteiger partial charge in [0.1, 0.15) is 5.75 Å². The third kappa shape index (κ3) is 5.59. The molecule has 1 fully saturated rings. The van der Waals surface area contributed by atoms with E-state index in [9.17, 15) is 5.11 Å². The largest absolute Gasteiger partial charge is 0.439 e. The monoisotopic (exact) mass is 433 g/mol. The topological polar surface area (TPSA) is 50.5 Å². The van der Waals surface area contributed by atoms with Gasteiger partial charge in [0.15, 0.2) is 0 Å². The maximum Gasteiger partial charge on any atom is 0.227 e. The van der Waals surface area contributed by atoms with Gasteiger partial charge in [-0.1, -0.05) is 50.1 Å². The summed E-state index contributed by atoms with van der Waals surface area (Å²) in [4.78, 5) is 2.42. The summed E-state index contributed by atoms with van der Waals surface area (Å²) in [6.45, 7) is 7.72. The molecule has 1 saturated carbocycles. The number of rotatable bonds is 11. The highest BCUT2D eigenvalue weighted by atomic mass is 16.5. The quantitative estimate of drug-likeness (QED) is 0.415. The van der Waals surface area contributed by atoms with E-state index in [1.54, 1.807) is 0 Å². The van der Waals surface area contributed by atoms with Crippen LogP contribution in [-0.4, -0.2) is 38.5 Å². The van der Waals surface area contributed by atoms with E-state index in [2.05, 4.69) is 37.8 Å². The lowest BCUT2D eigenvalue weighted by molar-refractivity contribution is 0.0949. The molecular weight excluding hydrogens is 398 g/mol. The van der Waals surface area contributed by atoms with Crippen LogP contribution < -0.4 is 4.74 Å². The van der Waals surface area contributed by atoms with Gasteiger partial charge < -0.3 is 9.84 Å². The molecule has 5 heteroatoms. The Bertz CT molecular complexity index is 1010. The molecule has 32 heavy (non-hydrogen) atoms. The van der Waals surface area contributed by atoms with Crippen LogP contribution in [0.15, 0.2) is 54.6 Å². The van der Waals surface area contributed by atoms with E-state index >= 15 is 0 Å². The molecule has 1 aliphatic carbocycles. The number of nitrogens with zero attached hydrogens (tertiary/aromatic N) is 3. The van der Waals surface area contributed by atoms with Crippen molar-refractivity contribution in [3.05, 3.63) is 71.4 Å². The molecule has 0 bridgehead atoms. The van der Waals surface area contributed by atoms with Crippen molar-refractivity contribution in [1.82, 2.24) is 14.7 Å². The van der Waals surface area contributed by atoms with Crippen LogP contribution in [-0.2, 0) is 6.54 Å². The Morgan fingerprint density at radius 2 is 1.91 bits per heavy atom. The predicted molar refractivity (Wildman–Crippen MR) is 129 cm³/mol. The van der Waals surface area contributed by atoms with Gasteiger partial charge >= 0.3 is 0 Å². The summed E-state index contributed by atoms with van der Waals surface area (Å²) in [5, 5.41) is 15.5. The molecule has 4 rings (SSSR count). The van der Waals surface area contributed by atoms with Gasteiger partial charge in [-0.15, -0.1) is 0 Å². The first-order valence-electron chi connectivity index (χ1n) is 11.9. The van der Waals surface area contributed by atoms with Gasteiger partial charge in [0.25, 0.3) is 0 Å². The first kappa shape index (κ1) is 22.6. The van der Waals surface area contributed by atoms with Gasteiger partial charge in [-0.3, -0.25) is 4.90 Å². The summed E-state index contributed by atoms with van der Waals surface area (Å²) >= 11 is 0. The number of ether oxygens (including phenoxy) is 1. The maximum absolute atomic E-state index is 10.6. The first-order chi connectivity index (χ1) is 15.5. The molecule has 1 aliphatic rings. The summed E-state index contributed by atoms with van der Waals surface area (Å²) in [6.07, 6.45) is 5.13. The Morgan fingerprint density at radius 3 is 2.59 bits per heavy atom. The molecule has 0 aliphatic heterocycles. The summed E-state index contributed by atoms with van der Waals surface area (Å²) < 4.78 is 8.39. The number of aliphatic hydroxyl groups excluding tert-OH is 1. The van der Waals surface area contributed by atoms with Crippen LogP contribution in [0.4, 0.5) is 0 Å². The number of unbranched alkanes of at least 4 members (excludes halogenated alkanes) is 1. The standard InChI is InChI=1S/C27H35N3O2/c1-4-5-13-24(31)18-29(22-15-16-22)19-26-21(3)28-30(23-11-7-6-8-12-23)27(26)32-25-14-9-10-20(2)17-25/h6-12,14,17,22,24,31H,4-5,13,15-16,18-19H2,1-3H3/t24-/m1/s1. The van der Waals surface area contributed by atoms with Crippen molar-refractivity contribution in [2.24, 2.45) is 0 Å². The van der Waals surface area contributed by atoms with Gasteiger partial charge in [0.05, 0.1) is 23.0 Å². The molecule has 0 unspecified atom stereocenters. The number of hydrogen-bond donors (Lipinski definition) is 1. The molecule has 2 aromatic carbocycles. The molecular formula is C27H35N3O2. The molecule has 170 valence electrons. The summed E-state index contributed by atoms with van der Waals surface area (Å²) in [5.74, 6) is 1.57. The van der Waals surface area contributed by atoms with Gasteiger partial charge in [0.2, 0.25) is 5.88 Å². The van der Waals surface area contributed by atoms with Crippen LogP contribution >= 0.6 is 0 Å². The van der Waals surface area contributed by atoms with E-state index in [-0.39, 0.29) is 6.10 Å². The van der Waals surface area contributed by atoms with Crippen molar-refractivity contribution >= 4 is 0 Å². The number of aliphatic hydroxyl groups is 1. The van der Waals surface area contributed by atoms with Crippen molar-refractivity contribution in [2.45, 2.75) is 71.6 Å². The van der Waals surface area contributed by atoms with Crippen LogP contribution in [0.2, 0.25) is 0 Å². The average molecular weight is 434 g/mol. The SMILES string of the molecule is CCCC[C@@H](O)CN(Cc1c(C)nn(-c2ccccc2)c1Oc1cccc(C)c1)C1CC1. The van der Waals surface area contributed by atoms with Crippen LogP contribution in [0.5, 0.6) is 11.6 Å². The third-order valence-corrected chi connectivity index (χ3v) is 6.10. The van der Waals surface area contributed by atoms with Gasteiger partial charge in [-0.05, 0) is 62.9 Å². The first-order valence-corrected chi connectivity index (χ1v) is 11.9. The van der Waals surface area contributed by atoms with Crippen molar-refractivity contribution < 1.29 is 9.84 Å². The van der Waals surface area contributed by atoms with E-state index in [1.165, 1.54) is 12.8 Å². The van der Waals surface area contributed by atoms with Crippen molar-refractivity contribution in [3.63, 3.8) is 0 Å². The fraction of sp³-hybridized carbons (Fsp3) is 0.444. The molecule has 3 aromatic rings. The van der Waals surface area contributed by atoms with Crippen molar-refractivity contribution in [1.29, 1.82) is 0 Å². The minimum Gasteiger partial charge on any atom is -0.439 e. The Balaban J connectivity index is 1.66. The van der Waals surface area contributed by atoms with Gasteiger partial charge in [0, 0.05) is 19.1 Å². The molecule has 0 radical (unpaired) electrons. The highest BCUT2D eigenvalue weighted by molar-refractivity contribution is 5.43. The van der Waals surface area contributed by atoms with E-state index in [0.29, 0.717) is 12.6 Å². The molecule has 5 nitrogen and oxygen atoms in total. The number of aryl methyl sites for hydroxylation is 2. The zero-order valence-electron chi connectivity index (χ0n) is 19.5.